The summed E-state index contributed by atoms with van der Waals surface area (Å²) in [6.45, 7) is 1.38. The molecule has 4 saturated carbocycles. The number of hydrogen-bond donors (Lipinski definition) is 1. The smallest absolute Gasteiger partial charge is 0.155 e. The van der Waals surface area contributed by atoms with Gasteiger partial charge in [-0.2, -0.15) is 0 Å². The molecule has 18 heavy (non-hydrogen) atoms. The zero-order valence-corrected chi connectivity index (χ0v) is 11.7. The van der Waals surface area contributed by atoms with E-state index in [0.29, 0.717) is 18.2 Å². The highest BCUT2D eigenvalue weighted by Gasteiger charge is 2.53. The number of hydrogen-bond acceptors (Lipinski definition) is 3. The van der Waals surface area contributed by atoms with E-state index in [-0.39, 0.29) is 5.25 Å². The summed E-state index contributed by atoms with van der Waals surface area (Å²) in [5.74, 6) is 4.16. The van der Waals surface area contributed by atoms with Gasteiger partial charge in [0.1, 0.15) is 0 Å². The molecule has 0 aromatic carbocycles. The molecule has 5 fully saturated rings. The van der Waals surface area contributed by atoms with Gasteiger partial charge in [0.05, 0.1) is 11.0 Å². The van der Waals surface area contributed by atoms with Crippen molar-refractivity contribution in [2.24, 2.45) is 29.6 Å². The number of sulfone groups is 1. The van der Waals surface area contributed by atoms with Crippen molar-refractivity contribution in [3.8, 4) is 0 Å². The highest BCUT2D eigenvalue weighted by Crippen LogP contribution is 2.58. The van der Waals surface area contributed by atoms with Crippen molar-refractivity contribution in [3.05, 3.63) is 0 Å². The van der Waals surface area contributed by atoms with Crippen LogP contribution in [0.5, 0.6) is 0 Å². The summed E-state index contributed by atoms with van der Waals surface area (Å²) in [5.41, 5.74) is 0. The van der Waals surface area contributed by atoms with Crippen LogP contribution in [-0.2, 0) is 9.84 Å². The summed E-state index contributed by atoms with van der Waals surface area (Å²) in [5, 5.41) is 3.25. The van der Waals surface area contributed by atoms with Crippen molar-refractivity contribution in [3.63, 3.8) is 0 Å². The lowest BCUT2D eigenvalue weighted by Gasteiger charge is -2.56. The molecule has 102 valence electrons. The molecular weight excluding hydrogens is 246 g/mol. The van der Waals surface area contributed by atoms with Crippen molar-refractivity contribution >= 4 is 9.84 Å². The van der Waals surface area contributed by atoms with E-state index in [0.717, 1.165) is 30.2 Å². The molecule has 0 radical (unpaired) electrons. The third-order valence-electron chi connectivity index (χ3n) is 6.10. The van der Waals surface area contributed by atoms with Gasteiger partial charge in [0.25, 0.3) is 0 Å². The quantitative estimate of drug-likeness (QED) is 0.783. The molecular formula is C14H23NO2S. The standard InChI is InChI=1S/C14H23NO2S/c16-18(17)2-1-15-8-13(18)14-11-4-9-3-10(6-11)7-12(14)5-9/h9-15H,1-8H2. The fourth-order valence-corrected chi connectivity index (χ4v) is 7.71. The Morgan fingerprint density at radius 3 is 2.06 bits per heavy atom. The minimum atomic E-state index is -2.83. The van der Waals surface area contributed by atoms with Gasteiger partial charge < -0.3 is 5.32 Å². The Morgan fingerprint density at radius 2 is 1.50 bits per heavy atom. The predicted octanol–water partition coefficient (Wildman–Crippen LogP) is 1.45. The van der Waals surface area contributed by atoms with E-state index >= 15 is 0 Å². The summed E-state index contributed by atoms with van der Waals surface area (Å²) in [6, 6.07) is 0. The van der Waals surface area contributed by atoms with Gasteiger partial charge in [0.15, 0.2) is 9.84 Å². The molecule has 5 aliphatic rings. The summed E-state index contributed by atoms with van der Waals surface area (Å²) < 4.78 is 24.7. The molecule has 4 bridgehead atoms. The fraction of sp³-hybridized carbons (Fsp3) is 1.00. The Kier molecular flexibility index (Phi) is 2.57. The van der Waals surface area contributed by atoms with Crippen LogP contribution in [0.4, 0.5) is 0 Å². The highest BCUT2D eigenvalue weighted by atomic mass is 32.2. The second-order valence-corrected chi connectivity index (χ2v) is 9.46. The molecule has 1 atom stereocenters. The highest BCUT2D eigenvalue weighted by molar-refractivity contribution is 7.92. The first-order valence-corrected chi connectivity index (χ1v) is 9.27. The Hall–Kier alpha value is -0.0900. The van der Waals surface area contributed by atoms with Crippen LogP contribution >= 0.6 is 0 Å². The molecule has 4 heteroatoms. The fourth-order valence-electron chi connectivity index (χ4n) is 5.69. The van der Waals surface area contributed by atoms with Gasteiger partial charge in [0, 0.05) is 13.1 Å². The Labute approximate surface area is 110 Å². The van der Waals surface area contributed by atoms with Crippen molar-refractivity contribution in [1.82, 2.24) is 5.32 Å². The minimum absolute atomic E-state index is 0.0683. The molecule has 0 spiro atoms. The first-order chi connectivity index (χ1) is 8.63. The van der Waals surface area contributed by atoms with Gasteiger partial charge in [-0.1, -0.05) is 0 Å². The molecule has 1 saturated heterocycles. The molecule has 0 aromatic heterocycles. The van der Waals surface area contributed by atoms with E-state index in [4.69, 9.17) is 0 Å². The van der Waals surface area contributed by atoms with Gasteiger partial charge in [-0.3, -0.25) is 0 Å². The van der Waals surface area contributed by atoms with E-state index in [1.54, 1.807) is 0 Å². The van der Waals surface area contributed by atoms with E-state index in [9.17, 15) is 8.42 Å². The topological polar surface area (TPSA) is 46.2 Å². The molecule has 4 aliphatic carbocycles. The average molecular weight is 269 g/mol. The number of rotatable bonds is 1. The van der Waals surface area contributed by atoms with Crippen molar-refractivity contribution in [1.29, 1.82) is 0 Å². The van der Waals surface area contributed by atoms with E-state index in [2.05, 4.69) is 5.32 Å². The monoisotopic (exact) mass is 269 g/mol. The zero-order valence-electron chi connectivity index (χ0n) is 10.8. The summed E-state index contributed by atoms with van der Waals surface area (Å²) in [6.07, 6.45) is 6.73. The van der Waals surface area contributed by atoms with Gasteiger partial charge >= 0.3 is 0 Å². The van der Waals surface area contributed by atoms with E-state index in [1.165, 1.54) is 32.1 Å². The first-order valence-electron chi connectivity index (χ1n) is 7.56. The van der Waals surface area contributed by atoms with Crippen molar-refractivity contribution in [2.75, 3.05) is 18.8 Å². The molecule has 3 nitrogen and oxygen atoms in total. The normalized spacial score (nSPS) is 53.6. The minimum Gasteiger partial charge on any atom is -0.314 e. The van der Waals surface area contributed by atoms with Gasteiger partial charge in [-0.05, 0) is 61.7 Å². The molecule has 1 N–H and O–H groups in total. The molecule has 1 aliphatic heterocycles. The van der Waals surface area contributed by atoms with Crippen LogP contribution in [0.2, 0.25) is 0 Å². The van der Waals surface area contributed by atoms with Crippen LogP contribution < -0.4 is 5.32 Å². The molecule has 1 unspecified atom stereocenters. The summed E-state index contributed by atoms with van der Waals surface area (Å²) >= 11 is 0. The van der Waals surface area contributed by atoms with Crippen molar-refractivity contribution < 1.29 is 8.42 Å². The maximum absolute atomic E-state index is 12.4. The van der Waals surface area contributed by atoms with Crippen molar-refractivity contribution in [2.45, 2.75) is 37.4 Å². The van der Waals surface area contributed by atoms with Crippen LogP contribution in [-0.4, -0.2) is 32.5 Å². The van der Waals surface area contributed by atoms with Crippen LogP contribution in [0.25, 0.3) is 0 Å². The first kappa shape index (κ1) is 11.7. The lowest BCUT2D eigenvalue weighted by molar-refractivity contribution is -0.0380. The lowest BCUT2D eigenvalue weighted by atomic mass is 9.51. The van der Waals surface area contributed by atoms with Crippen LogP contribution in [0.3, 0.4) is 0 Å². The Morgan fingerprint density at radius 1 is 0.889 bits per heavy atom. The van der Waals surface area contributed by atoms with Gasteiger partial charge in [-0.15, -0.1) is 0 Å². The third-order valence-corrected chi connectivity index (χ3v) is 8.28. The maximum atomic E-state index is 12.4. The summed E-state index contributed by atoms with van der Waals surface area (Å²) in [4.78, 5) is 0. The maximum Gasteiger partial charge on any atom is 0.155 e. The number of nitrogens with one attached hydrogen (secondary N) is 1. The van der Waals surface area contributed by atoms with E-state index < -0.39 is 9.84 Å². The largest absolute Gasteiger partial charge is 0.314 e. The van der Waals surface area contributed by atoms with Gasteiger partial charge in [-0.25, -0.2) is 8.42 Å². The Balaban J connectivity index is 1.64. The predicted molar refractivity (Wildman–Crippen MR) is 71.0 cm³/mol. The van der Waals surface area contributed by atoms with Crippen LogP contribution in [0.15, 0.2) is 0 Å². The SMILES string of the molecule is O=S1(=O)CCNCC1C1C2CC3CC(C2)CC1C3. The molecule has 5 rings (SSSR count). The molecule has 0 aromatic rings. The van der Waals surface area contributed by atoms with Crippen LogP contribution in [0, 0.1) is 29.6 Å². The lowest BCUT2D eigenvalue weighted by Crippen LogP contribution is -2.56. The van der Waals surface area contributed by atoms with Crippen LogP contribution in [0.1, 0.15) is 32.1 Å². The third kappa shape index (κ3) is 1.68. The van der Waals surface area contributed by atoms with E-state index in [1.807, 2.05) is 0 Å². The second-order valence-electron chi connectivity index (χ2n) is 7.12. The molecule has 0 amide bonds. The second kappa shape index (κ2) is 3.95. The molecule has 1 heterocycles. The average Bonchev–Trinajstić information content (AvgIpc) is 2.29. The summed E-state index contributed by atoms with van der Waals surface area (Å²) in [7, 11) is -2.83. The Bertz CT molecular complexity index is 417. The van der Waals surface area contributed by atoms with Gasteiger partial charge in [0.2, 0.25) is 0 Å². The zero-order chi connectivity index (χ0) is 12.3.